The Morgan fingerprint density at radius 2 is 2.41 bits per heavy atom. The van der Waals surface area contributed by atoms with Gasteiger partial charge < -0.3 is 4.52 Å². The van der Waals surface area contributed by atoms with Crippen LogP contribution < -0.4 is 0 Å². The Kier molecular flexibility index (Phi) is 4.50. The van der Waals surface area contributed by atoms with Gasteiger partial charge in [0.2, 0.25) is 0 Å². The summed E-state index contributed by atoms with van der Waals surface area (Å²) in [4.78, 5) is 1.06. The Balaban J connectivity index is 1.97. The Hall–Kier alpha value is -0.940. The van der Waals surface area contributed by atoms with Crippen molar-refractivity contribution < 1.29 is 8.73 Å². The lowest BCUT2D eigenvalue weighted by atomic mass is 10.3. The highest BCUT2D eigenvalue weighted by Crippen LogP contribution is 2.25. The minimum absolute atomic E-state index is 0.495. The first kappa shape index (κ1) is 12.5. The summed E-state index contributed by atoms with van der Waals surface area (Å²) in [5.74, 6) is 2.01. The maximum atomic E-state index is 11.7. The van der Waals surface area contributed by atoms with Gasteiger partial charge >= 0.3 is 0 Å². The molecule has 2 rings (SSSR count). The summed E-state index contributed by atoms with van der Waals surface area (Å²) in [6.45, 7) is 2.10. The van der Waals surface area contributed by atoms with Gasteiger partial charge in [-0.15, -0.1) is 11.3 Å². The Morgan fingerprint density at radius 1 is 1.53 bits per heavy atom. The van der Waals surface area contributed by atoms with E-state index in [1.807, 2.05) is 23.6 Å². The lowest BCUT2D eigenvalue weighted by molar-refractivity contribution is 0.427. The Morgan fingerprint density at radius 3 is 3.12 bits per heavy atom. The largest absolute Gasteiger partial charge is 0.355 e. The number of rotatable bonds is 6. The summed E-state index contributed by atoms with van der Waals surface area (Å²) >= 11 is 1.61. The van der Waals surface area contributed by atoms with Crippen molar-refractivity contribution in [3.05, 3.63) is 29.3 Å². The molecule has 0 N–H and O–H groups in total. The first-order chi connectivity index (χ1) is 8.29. The van der Waals surface area contributed by atoms with Crippen LogP contribution in [0.3, 0.4) is 0 Å². The lowest BCUT2D eigenvalue weighted by Crippen LogP contribution is -2.00. The molecule has 0 aliphatic carbocycles. The molecule has 0 bridgehead atoms. The number of nitrogens with zero attached hydrogens (tertiary/aromatic N) is 1. The van der Waals surface area contributed by atoms with E-state index in [9.17, 15) is 4.21 Å². The predicted molar refractivity (Wildman–Crippen MR) is 71.4 cm³/mol. The van der Waals surface area contributed by atoms with Crippen LogP contribution in [0.5, 0.6) is 0 Å². The molecule has 0 aliphatic heterocycles. The van der Waals surface area contributed by atoms with Crippen LogP contribution in [0.2, 0.25) is 0 Å². The highest BCUT2D eigenvalue weighted by molar-refractivity contribution is 7.84. The standard InChI is InChI=1S/C12H15NO2S2/c1-2-3-7-17(14)9-10-8-11(15-13-10)12-5-4-6-16-12/h4-6,8H,2-3,7,9H2,1H3. The number of hydrogen-bond donors (Lipinski definition) is 0. The maximum absolute atomic E-state index is 11.7. The molecular weight excluding hydrogens is 254 g/mol. The van der Waals surface area contributed by atoms with E-state index in [0.717, 1.165) is 34.9 Å². The molecular formula is C12H15NO2S2. The van der Waals surface area contributed by atoms with E-state index in [2.05, 4.69) is 12.1 Å². The first-order valence-corrected chi connectivity index (χ1v) is 8.01. The van der Waals surface area contributed by atoms with Crippen molar-refractivity contribution in [1.29, 1.82) is 0 Å². The SMILES string of the molecule is CCCCS(=O)Cc1cc(-c2cccs2)on1. The number of hydrogen-bond acceptors (Lipinski definition) is 4. The summed E-state index contributed by atoms with van der Waals surface area (Å²) in [5, 5.41) is 5.96. The van der Waals surface area contributed by atoms with E-state index in [-0.39, 0.29) is 0 Å². The Bertz CT molecular complexity index is 476. The number of unbranched alkanes of at least 4 members (excludes halogenated alkanes) is 1. The van der Waals surface area contributed by atoms with Gasteiger partial charge in [-0.05, 0) is 17.9 Å². The van der Waals surface area contributed by atoms with Crippen LogP contribution in [0.4, 0.5) is 0 Å². The molecule has 0 aliphatic rings. The van der Waals surface area contributed by atoms with Crippen molar-refractivity contribution in [2.45, 2.75) is 25.5 Å². The van der Waals surface area contributed by atoms with Crippen molar-refractivity contribution in [1.82, 2.24) is 5.16 Å². The minimum Gasteiger partial charge on any atom is -0.355 e. The van der Waals surface area contributed by atoms with E-state index in [0.29, 0.717) is 5.75 Å². The zero-order valence-corrected chi connectivity index (χ0v) is 11.4. The third-order valence-electron chi connectivity index (χ3n) is 2.36. The Labute approximate surface area is 107 Å². The smallest absolute Gasteiger partial charge is 0.177 e. The monoisotopic (exact) mass is 269 g/mol. The van der Waals surface area contributed by atoms with Gasteiger partial charge in [-0.25, -0.2) is 0 Å². The molecule has 0 saturated heterocycles. The highest BCUT2D eigenvalue weighted by Gasteiger charge is 2.09. The molecule has 1 atom stereocenters. The minimum atomic E-state index is -0.823. The maximum Gasteiger partial charge on any atom is 0.177 e. The van der Waals surface area contributed by atoms with Gasteiger partial charge in [0.05, 0.1) is 16.3 Å². The topological polar surface area (TPSA) is 43.1 Å². The van der Waals surface area contributed by atoms with Crippen LogP contribution in [-0.4, -0.2) is 15.1 Å². The quantitative estimate of drug-likeness (QED) is 0.806. The fourth-order valence-electron chi connectivity index (χ4n) is 1.46. The molecule has 0 aromatic carbocycles. The van der Waals surface area contributed by atoms with Crippen LogP contribution >= 0.6 is 11.3 Å². The summed E-state index contributed by atoms with van der Waals surface area (Å²) in [6, 6.07) is 5.85. The molecule has 92 valence electrons. The molecule has 0 radical (unpaired) electrons. The van der Waals surface area contributed by atoms with Crippen LogP contribution in [-0.2, 0) is 16.6 Å². The second kappa shape index (κ2) is 6.12. The van der Waals surface area contributed by atoms with E-state index >= 15 is 0 Å². The summed E-state index contributed by atoms with van der Waals surface area (Å²) in [7, 11) is -0.823. The van der Waals surface area contributed by atoms with Gasteiger partial charge in [0, 0.05) is 22.6 Å². The van der Waals surface area contributed by atoms with E-state index in [1.54, 1.807) is 11.3 Å². The second-order valence-corrected chi connectivity index (χ2v) is 6.33. The third kappa shape index (κ3) is 3.51. The van der Waals surface area contributed by atoms with E-state index in [4.69, 9.17) is 4.52 Å². The summed E-state index contributed by atoms with van der Waals surface area (Å²) in [5.41, 5.74) is 0.780. The average molecular weight is 269 g/mol. The van der Waals surface area contributed by atoms with Crippen molar-refractivity contribution in [3.8, 4) is 10.6 Å². The molecule has 2 aromatic rings. The van der Waals surface area contributed by atoms with Crippen LogP contribution in [0.25, 0.3) is 10.6 Å². The van der Waals surface area contributed by atoms with Gasteiger partial charge in [0.1, 0.15) is 0 Å². The van der Waals surface area contributed by atoms with Crippen molar-refractivity contribution >= 4 is 22.1 Å². The molecule has 17 heavy (non-hydrogen) atoms. The van der Waals surface area contributed by atoms with Crippen LogP contribution in [0, 0.1) is 0 Å². The van der Waals surface area contributed by atoms with Gasteiger partial charge in [-0.2, -0.15) is 0 Å². The third-order valence-corrected chi connectivity index (χ3v) is 4.60. The first-order valence-electron chi connectivity index (χ1n) is 5.64. The summed E-state index contributed by atoms with van der Waals surface area (Å²) in [6.07, 6.45) is 2.08. The molecule has 0 amide bonds. The molecule has 0 saturated carbocycles. The molecule has 3 nitrogen and oxygen atoms in total. The molecule has 1 unspecified atom stereocenters. The van der Waals surface area contributed by atoms with Gasteiger partial charge in [0.25, 0.3) is 0 Å². The van der Waals surface area contributed by atoms with Gasteiger partial charge in [-0.1, -0.05) is 24.6 Å². The summed E-state index contributed by atoms with van der Waals surface area (Å²) < 4.78 is 16.9. The fraction of sp³-hybridized carbons (Fsp3) is 0.417. The highest BCUT2D eigenvalue weighted by atomic mass is 32.2. The fourth-order valence-corrected chi connectivity index (χ4v) is 3.35. The number of thiophene rings is 1. The van der Waals surface area contributed by atoms with Crippen LogP contribution in [0.1, 0.15) is 25.5 Å². The predicted octanol–water partition coefficient (Wildman–Crippen LogP) is 3.45. The van der Waals surface area contributed by atoms with Gasteiger partial charge in [0.15, 0.2) is 5.76 Å². The van der Waals surface area contributed by atoms with E-state index in [1.165, 1.54) is 0 Å². The lowest BCUT2D eigenvalue weighted by Gasteiger charge is -1.96. The van der Waals surface area contributed by atoms with Crippen molar-refractivity contribution in [2.75, 3.05) is 5.75 Å². The normalized spacial score (nSPS) is 12.8. The van der Waals surface area contributed by atoms with Crippen molar-refractivity contribution in [2.24, 2.45) is 0 Å². The average Bonchev–Trinajstić information content (AvgIpc) is 2.95. The molecule has 5 heteroatoms. The second-order valence-electron chi connectivity index (χ2n) is 3.80. The molecule has 2 heterocycles. The van der Waals surface area contributed by atoms with Crippen molar-refractivity contribution in [3.63, 3.8) is 0 Å². The molecule has 0 spiro atoms. The van der Waals surface area contributed by atoms with E-state index < -0.39 is 10.8 Å². The molecule has 2 aromatic heterocycles. The number of aromatic nitrogens is 1. The molecule has 0 fully saturated rings. The van der Waals surface area contributed by atoms with Gasteiger partial charge in [-0.3, -0.25) is 4.21 Å². The van der Waals surface area contributed by atoms with Crippen LogP contribution in [0.15, 0.2) is 28.1 Å². The zero-order chi connectivity index (χ0) is 12.1. The zero-order valence-electron chi connectivity index (χ0n) is 9.72.